The van der Waals surface area contributed by atoms with Crippen molar-refractivity contribution < 1.29 is 4.79 Å². The maximum absolute atomic E-state index is 12.2. The van der Waals surface area contributed by atoms with E-state index in [1.54, 1.807) is 0 Å². The minimum Gasteiger partial charge on any atom is -0.327 e. The lowest BCUT2D eigenvalue weighted by atomic mass is 10.0. The molecule has 0 fully saturated rings. The van der Waals surface area contributed by atoms with Crippen molar-refractivity contribution in [2.75, 3.05) is 5.32 Å². The SMILES string of the molecule is CCC(C)C(=O)Nc1nc(-c2ccccc2)c(Cc2ccccc2)[nH]1. The third-order valence-corrected chi connectivity index (χ3v) is 4.35. The maximum Gasteiger partial charge on any atom is 0.229 e. The summed E-state index contributed by atoms with van der Waals surface area (Å²) in [7, 11) is 0. The smallest absolute Gasteiger partial charge is 0.229 e. The number of aromatic amines is 1. The fourth-order valence-corrected chi connectivity index (χ4v) is 2.66. The average molecular weight is 333 g/mol. The van der Waals surface area contributed by atoms with Gasteiger partial charge in [0.05, 0.1) is 5.69 Å². The molecule has 3 rings (SSSR count). The molecule has 25 heavy (non-hydrogen) atoms. The van der Waals surface area contributed by atoms with Crippen LogP contribution in [0.5, 0.6) is 0 Å². The van der Waals surface area contributed by atoms with Crippen LogP contribution in [0.2, 0.25) is 0 Å². The van der Waals surface area contributed by atoms with Crippen molar-refractivity contribution in [2.24, 2.45) is 5.92 Å². The van der Waals surface area contributed by atoms with Crippen molar-refractivity contribution in [3.8, 4) is 11.3 Å². The molecule has 1 heterocycles. The fourth-order valence-electron chi connectivity index (χ4n) is 2.66. The lowest BCUT2D eigenvalue weighted by Crippen LogP contribution is -2.20. The standard InChI is InChI=1S/C21H23N3O/c1-3-15(2)20(25)24-21-22-18(14-16-10-6-4-7-11-16)19(23-21)17-12-8-5-9-13-17/h4-13,15H,3,14H2,1-2H3,(H2,22,23,24,25). The second kappa shape index (κ2) is 7.79. The summed E-state index contributed by atoms with van der Waals surface area (Å²) >= 11 is 0. The lowest BCUT2D eigenvalue weighted by molar-refractivity contribution is -0.119. The number of nitrogens with zero attached hydrogens (tertiary/aromatic N) is 1. The number of hydrogen-bond acceptors (Lipinski definition) is 2. The lowest BCUT2D eigenvalue weighted by Gasteiger charge is -2.07. The van der Waals surface area contributed by atoms with Crippen molar-refractivity contribution >= 4 is 11.9 Å². The average Bonchev–Trinajstić information content (AvgIpc) is 3.04. The third kappa shape index (κ3) is 4.15. The first-order chi connectivity index (χ1) is 12.2. The summed E-state index contributed by atoms with van der Waals surface area (Å²) in [6, 6.07) is 20.3. The number of carbonyl (C=O) groups excluding carboxylic acids is 1. The molecule has 3 aromatic rings. The number of nitrogens with one attached hydrogen (secondary N) is 2. The Balaban J connectivity index is 1.93. The van der Waals surface area contributed by atoms with Gasteiger partial charge in [0, 0.05) is 23.6 Å². The Morgan fingerprint density at radius 1 is 1.08 bits per heavy atom. The first-order valence-corrected chi connectivity index (χ1v) is 8.66. The Labute approximate surface area is 148 Å². The van der Waals surface area contributed by atoms with E-state index in [9.17, 15) is 4.79 Å². The summed E-state index contributed by atoms with van der Waals surface area (Å²) in [4.78, 5) is 20.1. The summed E-state index contributed by atoms with van der Waals surface area (Å²) < 4.78 is 0. The summed E-state index contributed by atoms with van der Waals surface area (Å²) in [5, 5.41) is 2.90. The van der Waals surface area contributed by atoms with Crippen molar-refractivity contribution in [1.82, 2.24) is 9.97 Å². The van der Waals surface area contributed by atoms with E-state index in [-0.39, 0.29) is 11.8 Å². The number of amides is 1. The monoisotopic (exact) mass is 333 g/mol. The number of rotatable bonds is 6. The highest BCUT2D eigenvalue weighted by molar-refractivity contribution is 5.91. The molecular formula is C21H23N3O. The molecule has 0 aliphatic carbocycles. The van der Waals surface area contributed by atoms with Crippen LogP contribution in [0, 0.1) is 5.92 Å². The zero-order valence-corrected chi connectivity index (χ0v) is 14.6. The second-order valence-electron chi connectivity index (χ2n) is 6.24. The van der Waals surface area contributed by atoms with Gasteiger partial charge in [-0.1, -0.05) is 74.5 Å². The van der Waals surface area contributed by atoms with Gasteiger partial charge in [-0.25, -0.2) is 4.98 Å². The molecule has 0 spiro atoms. The Kier molecular flexibility index (Phi) is 5.29. The minimum atomic E-state index is -0.0390. The Morgan fingerprint density at radius 3 is 2.36 bits per heavy atom. The van der Waals surface area contributed by atoms with Crippen LogP contribution in [-0.4, -0.2) is 15.9 Å². The third-order valence-electron chi connectivity index (χ3n) is 4.35. The Bertz CT molecular complexity index is 825. The van der Waals surface area contributed by atoms with E-state index in [4.69, 9.17) is 0 Å². The van der Waals surface area contributed by atoms with Crippen LogP contribution in [-0.2, 0) is 11.2 Å². The molecule has 0 aliphatic heterocycles. The van der Waals surface area contributed by atoms with Crippen LogP contribution < -0.4 is 5.32 Å². The molecule has 4 heteroatoms. The molecule has 0 radical (unpaired) electrons. The van der Waals surface area contributed by atoms with Crippen LogP contribution in [0.1, 0.15) is 31.5 Å². The molecular weight excluding hydrogens is 310 g/mol. The highest BCUT2D eigenvalue weighted by Crippen LogP contribution is 2.25. The number of carbonyl (C=O) groups is 1. The van der Waals surface area contributed by atoms with E-state index in [0.29, 0.717) is 5.95 Å². The first kappa shape index (κ1) is 17.0. The van der Waals surface area contributed by atoms with Gasteiger partial charge in [-0.05, 0) is 12.0 Å². The predicted octanol–water partition coefficient (Wildman–Crippen LogP) is 4.65. The number of anilines is 1. The van der Waals surface area contributed by atoms with Crippen LogP contribution in [0.25, 0.3) is 11.3 Å². The highest BCUT2D eigenvalue weighted by Gasteiger charge is 2.16. The molecule has 0 saturated carbocycles. The molecule has 0 bridgehead atoms. The van der Waals surface area contributed by atoms with Crippen molar-refractivity contribution in [2.45, 2.75) is 26.7 Å². The van der Waals surface area contributed by atoms with Crippen LogP contribution >= 0.6 is 0 Å². The van der Waals surface area contributed by atoms with Crippen molar-refractivity contribution in [3.05, 3.63) is 71.9 Å². The quantitative estimate of drug-likeness (QED) is 0.690. The van der Waals surface area contributed by atoms with Crippen LogP contribution in [0.15, 0.2) is 60.7 Å². The summed E-state index contributed by atoms with van der Waals surface area (Å²) in [6.45, 7) is 3.92. The normalized spacial score (nSPS) is 11.9. The van der Waals surface area contributed by atoms with Gasteiger partial charge >= 0.3 is 0 Å². The summed E-state index contributed by atoms with van der Waals surface area (Å²) in [6.07, 6.45) is 1.53. The number of imidazole rings is 1. The highest BCUT2D eigenvalue weighted by atomic mass is 16.2. The van der Waals surface area contributed by atoms with Gasteiger partial charge in [-0.2, -0.15) is 0 Å². The van der Waals surface area contributed by atoms with E-state index in [0.717, 1.165) is 29.8 Å². The maximum atomic E-state index is 12.2. The first-order valence-electron chi connectivity index (χ1n) is 8.66. The van der Waals surface area contributed by atoms with Gasteiger partial charge in [-0.15, -0.1) is 0 Å². The molecule has 1 unspecified atom stereocenters. The molecule has 1 aromatic heterocycles. The van der Waals surface area contributed by atoms with E-state index < -0.39 is 0 Å². The molecule has 2 aromatic carbocycles. The van der Waals surface area contributed by atoms with E-state index >= 15 is 0 Å². The van der Waals surface area contributed by atoms with Gasteiger partial charge < -0.3 is 4.98 Å². The fraction of sp³-hybridized carbons (Fsp3) is 0.238. The van der Waals surface area contributed by atoms with E-state index in [2.05, 4.69) is 27.4 Å². The van der Waals surface area contributed by atoms with E-state index in [1.165, 1.54) is 5.56 Å². The molecule has 128 valence electrons. The number of benzene rings is 2. The second-order valence-corrected chi connectivity index (χ2v) is 6.24. The zero-order chi connectivity index (χ0) is 17.6. The van der Waals surface area contributed by atoms with Gasteiger partial charge in [-0.3, -0.25) is 10.1 Å². The topological polar surface area (TPSA) is 57.8 Å². The number of H-pyrrole nitrogens is 1. The predicted molar refractivity (Wildman–Crippen MR) is 101 cm³/mol. The largest absolute Gasteiger partial charge is 0.327 e. The zero-order valence-electron chi connectivity index (χ0n) is 14.6. The molecule has 0 saturated heterocycles. The molecule has 0 aliphatic rings. The summed E-state index contributed by atoms with van der Waals surface area (Å²) in [5.41, 5.74) is 4.11. The Morgan fingerprint density at radius 2 is 1.72 bits per heavy atom. The minimum absolute atomic E-state index is 0.0119. The van der Waals surface area contributed by atoms with Gasteiger partial charge in [0.1, 0.15) is 0 Å². The Hall–Kier alpha value is -2.88. The van der Waals surface area contributed by atoms with Gasteiger partial charge in [0.15, 0.2) is 0 Å². The molecule has 1 amide bonds. The molecule has 1 atom stereocenters. The van der Waals surface area contributed by atoms with Gasteiger partial charge in [0.2, 0.25) is 11.9 Å². The van der Waals surface area contributed by atoms with Crippen molar-refractivity contribution in [3.63, 3.8) is 0 Å². The van der Waals surface area contributed by atoms with Gasteiger partial charge in [0.25, 0.3) is 0 Å². The summed E-state index contributed by atoms with van der Waals surface area (Å²) in [5.74, 6) is 0.458. The van der Waals surface area contributed by atoms with E-state index in [1.807, 2.05) is 62.4 Å². The molecule has 4 nitrogen and oxygen atoms in total. The number of hydrogen-bond donors (Lipinski definition) is 2. The van der Waals surface area contributed by atoms with Crippen LogP contribution in [0.3, 0.4) is 0 Å². The van der Waals surface area contributed by atoms with Crippen LogP contribution in [0.4, 0.5) is 5.95 Å². The van der Waals surface area contributed by atoms with Crippen molar-refractivity contribution in [1.29, 1.82) is 0 Å². The molecule has 2 N–H and O–H groups in total. The number of aromatic nitrogens is 2.